The van der Waals surface area contributed by atoms with Gasteiger partial charge in [0.2, 0.25) is 0 Å². The summed E-state index contributed by atoms with van der Waals surface area (Å²) in [5.74, 6) is 5.22. The minimum absolute atomic E-state index is 0.130. The summed E-state index contributed by atoms with van der Waals surface area (Å²) in [4.78, 5) is 34.8. The molecule has 0 saturated carbocycles. The third-order valence-corrected chi connectivity index (χ3v) is 5.94. The zero-order valence-electron chi connectivity index (χ0n) is 21.0. The summed E-state index contributed by atoms with van der Waals surface area (Å²) in [7, 11) is 0. The van der Waals surface area contributed by atoms with Gasteiger partial charge in [0.05, 0.1) is 23.4 Å². The van der Waals surface area contributed by atoms with Crippen LogP contribution in [0.15, 0.2) is 66.1 Å². The van der Waals surface area contributed by atoms with Crippen LogP contribution >= 0.6 is 0 Å². The standard InChI is InChI=1S/C28H22F2N8O/c1-3-22(36-26-20(25(31)34-15-35-26)8-7-18-14-32-9-10-33-18)27-37-23-6-4-5-21(30)24(23)28(39)38(27)19-12-16(2)11-17(29)13-19/h4-6,9-15,22H,3H2,1-2H3,(H3,31,34,35,36). The Balaban J connectivity index is 1.68. The predicted molar refractivity (Wildman–Crippen MR) is 143 cm³/mol. The lowest BCUT2D eigenvalue weighted by Gasteiger charge is -2.23. The van der Waals surface area contributed by atoms with E-state index < -0.39 is 23.2 Å². The van der Waals surface area contributed by atoms with Crippen molar-refractivity contribution in [2.24, 2.45) is 0 Å². The van der Waals surface area contributed by atoms with Crippen LogP contribution in [0.5, 0.6) is 0 Å². The van der Waals surface area contributed by atoms with Crippen molar-refractivity contribution in [1.82, 2.24) is 29.5 Å². The summed E-state index contributed by atoms with van der Waals surface area (Å²) in [6, 6.07) is 7.76. The van der Waals surface area contributed by atoms with Crippen molar-refractivity contribution in [2.75, 3.05) is 11.1 Å². The van der Waals surface area contributed by atoms with E-state index in [1.54, 1.807) is 19.1 Å². The summed E-state index contributed by atoms with van der Waals surface area (Å²) >= 11 is 0. The molecule has 0 bridgehead atoms. The van der Waals surface area contributed by atoms with Gasteiger partial charge in [0.25, 0.3) is 5.56 Å². The topological polar surface area (TPSA) is 124 Å². The van der Waals surface area contributed by atoms with Crippen LogP contribution in [0.4, 0.5) is 20.4 Å². The monoisotopic (exact) mass is 524 g/mol. The third kappa shape index (κ3) is 5.13. The maximum absolute atomic E-state index is 14.8. The second-order valence-corrected chi connectivity index (χ2v) is 8.66. The van der Waals surface area contributed by atoms with Crippen molar-refractivity contribution in [3.05, 3.63) is 106 Å². The first-order chi connectivity index (χ1) is 18.9. The molecule has 11 heteroatoms. The Kier molecular flexibility index (Phi) is 6.93. The molecule has 0 aliphatic heterocycles. The van der Waals surface area contributed by atoms with Crippen LogP contribution in [0.3, 0.4) is 0 Å². The van der Waals surface area contributed by atoms with Crippen molar-refractivity contribution < 1.29 is 8.78 Å². The van der Waals surface area contributed by atoms with Gasteiger partial charge < -0.3 is 11.1 Å². The minimum atomic E-state index is -0.718. The molecule has 9 nitrogen and oxygen atoms in total. The number of nitrogen functional groups attached to an aromatic ring is 1. The smallest absolute Gasteiger partial charge is 0.269 e. The lowest BCUT2D eigenvalue weighted by molar-refractivity contribution is 0.618. The van der Waals surface area contributed by atoms with Crippen molar-refractivity contribution in [3.63, 3.8) is 0 Å². The fourth-order valence-corrected chi connectivity index (χ4v) is 4.17. The lowest BCUT2D eigenvalue weighted by Crippen LogP contribution is -2.29. The van der Waals surface area contributed by atoms with Gasteiger partial charge in [-0.15, -0.1) is 0 Å². The fourth-order valence-electron chi connectivity index (χ4n) is 4.17. The number of benzene rings is 2. The van der Waals surface area contributed by atoms with Crippen LogP contribution in [0.1, 0.15) is 42.0 Å². The quantitative estimate of drug-likeness (QED) is 0.330. The molecule has 1 unspecified atom stereocenters. The summed E-state index contributed by atoms with van der Waals surface area (Å²) in [6.45, 7) is 3.57. The molecule has 1 atom stereocenters. The lowest BCUT2D eigenvalue weighted by atomic mass is 10.1. The largest absolute Gasteiger partial charge is 0.382 e. The Hall–Kier alpha value is -5.24. The molecule has 39 heavy (non-hydrogen) atoms. The first kappa shape index (κ1) is 25.4. The van der Waals surface area contributed by atoms with Gasteiger partial charge in [-0.2, -0.15) is 0 Å². The molecule has 0 radical (unpaired) electrons. The Morgan fingerprint density at radius 2 is 1.95 bits per heavy atom. The number of halogens is 2. The molecule has 3 N–H and O–H groups in total. The molecule has 0 fully saturated rings. The van der Waals surface area contributed by atoms with Crippen LogP contribution in [0, 0.1) is 30.4 Å². The van der Waals surface area contributed by atoms with E-state index >= 15 is 0 Å². The summed E-state index contributed by atoms with van der Waals surface area (Å²) in [5, 5.41) is 3.06. The van der Waals surface area contributed by atoms with Gasteiger partial charge in [-0.05, 0) is 55.2 Å². The Labute approximate surface area is 221 Å². The van der Waals surface area contributed by atoms with Gasteiger partial charge >= 0.3 is 0 Å². The van der Waals surface area contributed by atoms with E-state index in [1.807, 2.05) is 6.92 Å². The van der Waals surface area contributed by atoms with Gasteiger partial charge in [-0.3, -0.25) is 14.3 Å². The van der Waals surface area contributed by atoms with Gasteiger partial charge in [0.1, 0.15) is 52.1 Å². The van der Waals surface area contributed by atoms with Crippen LogP contribution in [-0.2, 0) is 0 Å². The molecule has 5 aromatic rings. The highest BCUT2D eigenvalue weighted by Crippen LogP contribution is 2.27. The van der Waals surface area contributed by atoms with Gasteiger partial charge in [-0.25, -0.2) is 28.7 Å². The number of fused-ring (bicyclic) bond motifs is 1. The van der Waals surface area contributed by atoms with E-state index in [0.717, 1.165) is 0 Å². The number of aromatic nitrogens is 6. The summed E-state index contributed by atoms with van der Waals surface area (Å²) < 4.78 is 30.4. The zero-order chi connectivity index (χ0) is 27.5. The van der Waals surface area contributed by atoms with E-state index in [-0.39, 0.29) is 28.2 Å². The van der Waals surface area contributed by atoms with Gasteiger partial charge in [-0.1, -0.05) is 18.9 Å². The van der Waals surface area contributed by atoms with Crippen molar-refractivity contribution in [1.29, 1.82) is 0 Å². The van der Waals surface area contributed by atoms with E-state index in [0.29, 0.717) is 29.1 Å². The number of aryl methyl sites for hydroxylation is 1. The Morgan fingerprint density at radius 3 is 2.69 bits per heavy atom. The van der Waals surface area contributed by atoms with Crippen LogP contribution < -0.4 is 16.6 Å². The highest BCUT2D eigenvalue weighted by atomic mass is 19.1. The number of hydrogen-bond donors (Lipinski definition) is 2. The molecule has 194 valence electrons. The average molecular weight is 525 g/mol. The normalized spacial score (nSPS) is 11.6. The number of nitrogens with zero attached hydrogens (tertiary/aromatic N) is 6. The second-order valence-electron chi connectivity index (χ2n) is 8.66. The highest BCUT2D eigenvalue weighted by Gasteiger charge is 2.23. The second kappa shape index (κ2) is 10.6. The SMILES string of the molecule is CCC(Nc1ncnc(N)c1C#Cc1cnccn1)c1nc2cccc(F)c2c(=O)n1-c1cc(C)cc(F)c1. The fraction of sp³-hybridized carbons (Fsp3) is 0.143. The van der Waals surface area contributed by atoms with E-state index in [1.165, 1.54) is 53.8 Å². The van der Waals surface area contributed by atoms with Crippen LogP contribution in [0.2, 0.25) is 0 Å². The molecule has 0 saturated heterocycles. The summed E-state index contributed by atoms with van der Waals surface area (Å²) in [6.07, 6.45) is 6.26. The minimum Gasteiger partial charge on any atom is -0.382 e. The van der Waals surface area contributed by atoms with Gasteiger partial charge in [0, 0.05) is 12.4 Å². The molecule has 0 amide bonds. The number of rotatable bonds is 5. The molecule has 3 aromatic heterocycles. The molecule has 5 rings (SSSR count). The number of hydrogen-bond acceptors (Lipinski definition) is 8. The molecular weight excluding hydrogens is 502 g/mol. The van der Waals surface area contributed by atoms with Gasteiger partial charge in [0.15, 0.2) is 0 Å². The third-order valence-electron chi connectivity index (χ3n) is 5.94. The number of nitrogens with one attached hydrogen (secondary N) is 1. The summed E-state index contributed by atoms with van der Waals surface area (Å²) in [5.41, 5.74) is 7.17. The van der Waals surface area contributed by atoms with Crippen molar-refractivity contribution in [2.45, 2.75) is 26.3 Å². The zero-order valence-corrected chi connectivity index (χ0v) is 21.0. The van der Waals surface area contributed by atoms with Crippen molar-refractivity contribution in [3.8, 4) is 17.5 Å². The van der Waals surface area contributed by atoms with Crippen molar-refractivity contribution >= 4 is 22.5 Å². The molecule has 0 aliphatic carbocycles. The first-order valence-corrected chi connectivity index (χ1v) is 12.0. The molecular formula is C28H22F2N8O. The maximum Gasteiger partial charge on any atom is 0.269 e. The van der Waals surface area contributed by atoms with Crippen LogP contribution in [-0.4, -0.2) is 29.5 Å². The number of nitrogens with two attached hydrogens (primary N) is 1. The molecule has 2 aromatic carbocycles. The predicted octanol–water partition coefficient (Wildman–Crippen LogP) is 4.10. The maximum atomic E-state index is 14.8. The van der Waals surface area contributed by atoms with E-state index in [9.17, 15) is 13.6 Å². The molecule has 0 spiro atoms. The van der Waals surface area contributed by atoms with E-state index in [2.05, 4.69) is 42.1 Å². The molecule has 0 aliphatic rings. The van der Waals surface area contributed by atoms with Crippen LogP contribution in [0.25, 0.3) is 16.6 Å². The van der Waals surface area contributed by atoms with E-state index in [4.69, 9.17) is 5.73 Å². The Morgan fingerprint density at radius 1 is 1.10 bits per heavy atom. The first-order valence-electron chi connectivity index (χ1n) is 12.0. The highest BCUT2D eigenvalue weighted by molar-refractivity contribution is 5.79. The molecule has 3 heterocycles. The average Bonchev–Trinajstić information content (AvgIpc) is 2.91. The number of anilines is 2. The Bertz CT molecular complexity index is 1790.